The summed E-state index contributed by atoms with van der Waals surface area (Å²) in [5.74, 6) is -0.358. The third-order valence-corrected chi connectivity index (χ3v) is 3.31. The van der Waals surface area contributed by atoms with E-state index in [2.05, 4.69) is 9.72 Å². The molecular formula is C16H12F3N3O2. The summed E-state index contributed by atoms with van der Waals surface area (Å²) in [5.41, 5.74) is 7.51. The largest absolute Gasteiger partial charge is 0.573 e. The Hall–Kier alpha value is -3.16. The van der Waals surface area contributed by atoms with Crippen LogP contribution in [-0.2, 0) is 0 Å². The Kier molecular flexibility index (Phi) is 3.80. The number of H-pyrrole nitrogens is 1. The Morgan fingerprint density at radius 2 is 1.62 bits per heavy atom. The van der Waals surface area contributed by atoms with Gasteiger partial charge in [-0.3, -0.25) is 4.57 Å². The number of hydrogen-bond acceptors (Lipinski definition) is 3. The summed E-state index contributed by atoms with van der Waals surface area (Å²) in [5, 5.41) is 0. The van der Waals surface area contributed by atoms with Gasteiger partial charge in [0.1, 0.15) is 5.75 Å². The van der Waals surface area contributed by atoms with Crippen LogP contribution in [0, 0.1) is 0 Å². The van der Waals surface area contributed by atoms with Crippen molar-refractivity contribution in [3.05, 3.63) is 65.2 Å². The van der Waals surface area contributed by atoms with E-state index in [4.69, 9.17) is 5.73 Å². The second kappa shape index (κ2) is 5.80. The number of alkyl halides is 3. The predicted molar refractivity (Wildman–Crippen MR) is 82.9 cm³/mol. The molecule has 5 nitrogen and oxygen atoms in total. The van der Waals surface area contributed by atoms with Crippen molar-refractivity contribution in [2.24, 2.45) is 0 Å². The molecule has 0 aliphatic carbocycles. The number of nitrogen functional groups attached to an aromatic ring is 1. The zero-order valence-corrected chi connectivity index (χ0v) is 12.2. The zero-order chi connectivity index (χ0) is 17.3. The molecule has 3 aromatic rings. The van der Waals surface area contributed by atoms with Crippen molar-refractivity contribution in [2.75, 3.05) is 5.73 Å². The van der Waals surface area contributed by atoms with Crippen molar-refractivity contribution in [3.63, 3.8) is 0 Å². The Labute approximate surface area is 134 Å². The van der Waals surface area contributed by atoms with Crippen LogP contribution < -0.4 is 16.2 Å². The molecule has 0 atom stereocenters. The van der Waals surface area contributed by atoms with Gasteiger partial charge in [-0.1, -0.05) is 12.1 Å². The average Bonchev–Trinajstić information content (AvgIpc) is 2.89. The molecule has 8 heteroatoms. The van der Waals surface area contributed by atoms with Gasteiger partial charge in [-0.05, 0) is 36.4 Å². The predicted octanol–water partition coefficient (Wildman–Crippen LogP) is 3.31. The summed E-state index contributed by atoms with van der Waals surface area (Å²) >= 11 is 0. The van der Waals surface area contributed by atoms with Gasteiger partial charge < -0.3 is 15.5 Å². The van der Waals surface area contributed by atoms with Crippen molar-refractivity contribution in [1.29, 1.82) is 0 Å². The number of rotatable bonds is 3. The van der Waals surface area contributed by atoms with Gasteiger partial charge >= 0.3 is 12.1 Å². The maximum Gasteiger partial charge on any atom is 0.573 e. The lowest BCUT2D eigenvalue weighted by Crippen LogP contribution is -2.18. The molecule has 2 aromatic carbocycles. The van der Waals surface area contributed by atoms with Crippen LogP contribution in [0.3, 0.4) is 0 Å². The van der Waals surface area contributed by atoms with E-state index in [1.807, 2.05) is 0 Å². The minimum atomic E-state index is -4.76. The summed E-state index contributed by atoms with van der Waals surface area (Å²) in [4.78, 5) is 14.6. The van der Waals surface area contributed by atoms with Gasteiger partial charge in [-0.2, -0.15) is 0 Å². The smallest absolute Gasteiger partial charge is 0.406 e. The normalized spacial score (nSPS) is 11.5. The average molecular weight is 335 g/mol. The molecule has 0 saturated heterocycles. The first-order valence-corrected chi connectivity index (χ1v) is 6.86. The van der Waals surface area contributed by atoms with E-state index >= 15 is 0 Å². The highest BCUT2D eigenvalue weighted by Crippen LogP contribution is 2.26. The Morgan fingerprint density at radius 1 is 1.00 bits per heavy atom. The number of ether oxygens (including phenoxy) is 1. The van der Waals surface area contributed by atoms with Gasteiger partial charge in [0, 0.05) is 17.4 Å². The molecule has 1 aromatic heterocycles. The first kappa shape index (κ1) is 15.7. The topological polar surface area (TPSA) is 73.0 Å². The van der Waals surface area contributed by atoms with Crippen molar-refractivity contribution in [2.45, 2.75) is 6.36 Å². The molecule has 0 unspecified atom stereocenters. The maximum absolute atomic E-state index is 12.2. The highest BCUT2D eigenvalue weighted by atomic mass is 19.4. The monoisotopic (exact) mass is 335 g/mol. The molecule has 24 heavy (non-hydrogen) atoms. The lowest BCUT2D eigenvalue weighted by atomic mass is 10.1. The third-order valence-electron chi connectivity index (χ3n) is 3.31. The lowest BCUT2D eigenvalue weighted by Gasteiger charge is -2.11. The number of anilines is 1. The SMILES string of the molecule is Nc1ccc(-c2c[nH]c(=O)n2-c2ccc(OC(F)(F)F)cc2)cc1. The van der Waals surface area contributed by atoms with Gasteiger partial charge in [0.05, 0.1) is 11.4 Å². The number of nitrogens with zero attached hydrogens (tertiary/aromatic N) is 1. The fraction of sp³-hybridized carbons (Fsp3) is 0.0625. The van der Waals surface area contributed by atoms with Crippen LogP contribution in [0.25, 0.3) is 16.9 Å². The highest BCUT2D eigenvalue weighted by molar-refractivity contribution is 5.64. The van der Waals surface area contributed by atoms with Gasteiger partial charge in [0.15, 0.2) is 0 Å². The molecule has 0 aliphatic heterocycles. The second-order valence-electron chi connectivity index (χ2n) is 4.98. The van der Waals surface area contributed by atoms with Crippen molar-refractivity contribution in [1.82, 2.24) is 9.55 Å². The minimum Gasteiger partial charge on any atom is -0.406 e. The van der Waals surface area contributed by atoms with E-state index in [1.165, 1.54) is 22.9 Å². The quantitative estimate of drug-likeness (QED) is 0.721. The van der Waals surface area contributed by atoms with E-state index in [-0.39, 0.29) is 5.75 Å². The Balaban J connectivity index is 1.99. The summed E-state index contributed by atoms with van der Waals surface area (Å²) in [6, 6.07) is 11.9. The molecule has 0 radical (unpaired) electrons. The van der Waals surface area contributed by atoms with Crippen LogP contribution in [0.2, 0.25) is 0 Å². The number of aromatic amines is 1. The van der Waals surface area contributed by atoms with Gasteiger partial charge in [-0.15, -0.1) is 13.2 Å². The standard InChI is InChI=1S/C16H12F3N3O2/c17-16(18,19)24-13-7-5-12(6-8-13)22-14(9-21-15(22)23)10-1-3-11(20)4-2-10/h1-9H,20H2,(H,21,23). The van der Waals surface area contributed by atoms with E-state index < -0.39 is 12.1 Å². The number of nitrogens with two attached hydrogens (primary N) is 1. The summed E-state index contributed by atoms with van der Waals surface area (Å²) in [6.07, 6.45) is -3.24. The zero-order valence-electron chi connectivity index (χ0n) is 12.2. The number of imidazole rings is 1. The molecule has 0 aliphatic rings. The minimum absolute atomic E-state index is 0.358. The maximum atomic E-state index is 12.2. The van der Waals surface area contributed by atoms with E-state index in [0.717, 1.165) is 17.7 Å². The highest BCUT2D eigenvalue weighted by Gasteiger charge is 2.31. The van der Waals surface area contributed by atoms with Crippen molar-refractivity contribution in [3.8, 4) is 22.7 Å². The molecule has 0 amide bonds. The van der Waals surface area contributed by atoms with Crippen LogP contribution in [0.4, 0.5) is 18.9 Å². The molecule has 3 rings (SSSR count). The molecular weight excluding hydrogens is 323 g/mol. The van der Waals surface area contributed by atoms with Gasteiger partial charge in [0.25, 0.3) is 0 Å². The molecule has 1 heterocycles. The number of aromatic nitrogens is 2. The van der Waals surface area contributed by atoms with Gasteiger partial charge in [-0.25, -0.2) is 4.79 Å². The number of hydrogen-bond donors (Lipinski definition) is 2. The molecule has 3 N–H and O–H groups in total. The van der Waals surface area contributed by atoms with Crippen LogP contribution in [0.5, 0.6) is 5.75 Å². The van der Waals surface area contributed by atoms with E-state index in [9.17, 15) is 18.0 Å². The number of nitrogens with one attached hydrogen (secondary N) is 1. The Bertz CT molecular complexity index is 894. The van der Waals surface area contributed by atoms with Crippen LogP contribution in [0.15, 0.2) is 59.5 Å². The first-order valence-electron chi connectivity index (χ1n) is 6.86. The fourth-order valence-corrected chi connectivity index (χ4v) is 2.29. The first-order chi connectivity index (χ1) is 11.3. The fourth-order valence-electron chi connectivity index (χ4n) is 2.29. The van der Waals surface area contributed by atoms with Gasteiger partial charge in [0.2, 0.25) is 0 Å². The molecule has 0 fully saturated rings. The summed E-state index contributed by atoms with van der Waals surface area (Å²) < 4.78 is 41.8. The molecule has 0 bridgehead atoms. The number of halogens is 3. The Morgan fingerprint density at radius 3 is 2.21 bits per heavy atom. The van der Waals surface area contributed by atoms with Crippen LogP contribution >= 0.6 is 0 Å². The van der Waals surface area contributed by atoms with Crippen LogP contribution in [0.1, 0.15) is 0 Å². The molecule has 0 saturated carbocycles. The summed E-state index contributed by atoms with van der Waals surface area (Å²) in [7, 11) is 0. The van der Waals surface area contributed by atoms with E-state index in [1.54, 1.807) is 24.3 Å². The molecule has 124 valence electrons. The number of benzene rings is 2. The lowest BCUT2D eigenvalue weighted by molar-refractivity contribution is -0.274. The molecule has 0 spiro atoms. The van der Waals surface area contributed by atoms with Crippen molar-refractivity contribution >= 4 is 5.69 Å². The van der Waals surface area contributed by atoms with Crippen molar-refractivity contribution < 1.29 is 17.9 Å². The third kappa shape index (κ3) is 3.27. The van der Waals surface area contributed by atoms with Crippen LogP contribution in [-0.4, -0.2) is 15.9 Å². The summed E-state index contributed by atoms with van der Waals surface area (Å²) in [6.45, 7) is 0. The van der Waals surface area contributed by atoms with E-state index in [0.29, 0.717) is 17.1 Å². The second-order valence-corrected chi connectivity index (χ2v) is 4.98.